The lowest BCUT2D eigenvalue weighted by Gasteiger charge is -2.36. The van der Waals surface area contributed by atoms with Crippen molar-refractivity contribution in [3.8, 4) is 0 Å². The Balaban J connectivity index is 1.19. The van der Waals surface area contributed by atoms with Crippen LogP contribution in [0.1, 0.15) is 69.5 Å². The molecule has 0 unspecified atom stereocenters. The van der Waals surface area contributed by atoms with E-state index in [1.165, 1.54) is 37.7 Å². The Morgan fingerprint density at radius 3 is 2.13 bits per heavy atom. The van der Waals surface area contributed by atoms with Crippen LogP contribution >= 0.6 is 0 Å². The molecule has 2 fully saturated rings. The van der Waals surface area contributed by atoms with Crippen LogP contribution in [0.25, 0.3) is 0 Å². The third-order valence-corrected chi connectivity index (χ3v) is 7.81. The molecule has 8 heteroatoms. The summed E-state index contributed by atoms with van der Waals surface area (Å²) >= 11 is 0. The first-order valence-corrected chi connectivity index (χ1v) is 14.7. The number of carbonyl (C=O) groups excluding carboxylic acids is 1. The fourth-order valence-corrected chi connectivity index (χ4v) is 5.46. The smallest absolute Gasteiger partial charge is 0.252 e. The van der Waals surface area contributed by atoms with Crippen molar-refractivity contribution in [3.05, 3.63) is 58.0 Å². The average molecular weight is 523 g/mol. The summed E-state index contributed by atoms with van der Waals surface area (Å²) in [6.07, 6.45) is 9.21. The molecule has 4 rings (SSSR count). The Morgan fingerprint density at radius 1 is 0.816 bits per heavy atom. The minimum atomic E-state index is -0.106. The monoisotopic (exact) mass is 522 g/mol. The van der Waals surface area contributed by atoms with Gasteiger partial charge in [-0.1, -0.05) is 75.8 Å². The Kier molecular flexibility index (Phi) is 11.2. The highest BCUT2D eigenvalue weighted by Gasteiger charge is 2.23. The number of hydrogen-bond donors (Lipinski definition) is 1. The first-order valence-electron chi connectivity index (χ1n) is 14.7. The minimum absolute atomic E-state index is 0.106. The van der Waals surface area contributed by atoms with E-state index in [0.29, 0.717) is 45.1 Å². The van der Waals surface area contributed by atoms with E-state index in [4.69, 9.17) is 4.98 Å². The van der Waals surface area contributed by atoms with Gasteiger partial charge in [-0.2, -0.15) is 0 Å². The van der Waals surface area contributed by atoms with Crippen LogP contribution in [0.4, 0.5) is 5.95 Å². The molecule has 2 aliphatic rings. The molecule has 0 aliphatic carbocycles. The van der Waals surface area contributed by atoms with Crippen LogP contribution in [0.3, 0.4) is 0 Å². The Bertz CT molecular complexity index is 1030. The lowest BCUT2D eigenvalue weighted by molar-refractivity contribution is -0.131. The average Bonchev–Trinajstić information content (AvgIpc) is 2.94. The van der Waals surface area contributed by atoms with E-state index in [1.54, 1.807) is 6.07 Å². The van der Waals surface area contributed by atoms with Crippen molar-refractivity contribution in [2.75, 3.05) is 57.3 Å². The minimum Gasteiger partial charge on any atom is -0.339 e. The summed E-state index contributed by atoms with van der Waals surface area (Å²) in [4.78, 5) is 41.8. The van der Waals surface area contributed by atoms with Gasteiger partial charge in [0.1, 0.15) is 0 Å². The fourth-order valence-electron chi connectivity index (χ4n) is 5.46. The highest BCUT2D eigenvalue weighted by molar-refractivity contribution is 5.76. The molecular weight excluding hydrogens is 476 g/mol. The van der Waals surface area contributed by atoms with E-state index >= 15 is 0 Å². The van der Waals surface area contributed by atoms with Gasteiger partial charge >= 0.3 is 0 Å². The lowest BCUT2D eigenvalue weighted by Crippen LogP contribution is -2.49. The summed E-state index contributed by atoms with van der Waals surface area (Å²) in [5, 5.41) is 0. The molecule has 2 saturated heterocycles. The molecule has 1 aromatic carbocycles. The molecule has 208 valence electrons. The van der Waals surface area contributed by atoms with Gasteiger partial charge in [0.2, 0.25) is 11.9 Å². The maximum absolute atomic E-state index is 12.7. The van der Waals surface area contributed by atoms with E-state index in [1.807, 2.05) is 4.90 Å². The van der Waals surface area contributed by atoms with Gasteiger partial charge in [-0.25, -0.2) is 4.98 Å². The number of rotatable bonds is 13. The van der Waals surface area contributed by atoms with E-state index < -0.39 is 0 Å². The van der Waals surface area contributed by atoms with Gasteiger partial charge < -0.3 is 9.80 Å². The molecule has 0 bridgehead atoms. The molecule has 3 heterocycles. The molecule has 1 amide bonds. The second-order valence-corrected chi connectivity index (χ2v) is 10.8. The predicted molar refractivity (Wildman–Crippen MR) is 153 cm³/mol. The first kappa shape index (κ1) is 28.3. The van der Waals surface area contributed by atoms with Crippen LogP contribution < -0.4 is 10.5 Å². The van der Waals surface area contributed by atoms with Crippen molar-refractivity contribution in [3.63, 3.8) is 0 Å². The maximum Gasteiger partial charge on any atom is 0.252 e. The molecule has 1 N–H and O–H groups in total. The molecular formula is C30H46N6O2. The van der Waals surface area contributed by atoms with Crippen molar-refractivity contribution < 1.29 is 4.79 Å². The van der Waals surface area contributed by atoms with E-state index in [9.17, 15) is 9.59 Å². The maximum atomic E-state index is 12.7. The number of H-pyrrole nitrogens is 1. The van der Waals surface area contributed by atoms with Crippen molar-refractivity contribution in [2.45, 2.75) is 71.4 Å². The summed E-state index contributed by atoms with van der Waals surface area (Å²) in [5.41, 5.74) is 2.06. The van der Waals surface area contributed by atoms with Gasteiger partial charge in [0.15, 0.2) is 0 Å². The Hall–Kier alpha value is -2.71. The van der Waals surface area contributed by atoms with Gasteiger partial charge in [-0.05, 0) is 12.0 Å². The molecule has 2 aromatic rings. The number of aromatic amines is 1. The Labute approximate surface area is 228 Å². The summed E-state index contributed by atoms with van der Waals surface area (Å²) in [7, 11) is 0. The number of amides is 1. The number of hydrogen-bond acceptors (Lipinski definition) is 6. The van der Waals surface area contributed by atoms with Gasteiger partial charge in [0, 0.05) is 77.9 Å². The number of carbonyl (C=O) groups is 1. The molecule has 0 radical (unpaired) electrons. The zero-order valence-corrected chi connectivity index (χ0v) is 23.2. The largest absolute Gasteiger partial charge is 0.339 e. The SMILES string of the molecule is CCCCCCCCCC(=O)N1CCN(c2nc(CN3CCN(Cc4ccccc4)CC3)cc(=O)[nH]2)CC1. The van der Waals surface area contributed by atoms with Crippen LogP contribution in [0, 0.1) is 0 Å². The molecule has 0 spiro atoms. The molecule has 8 nitrogen and oxygen atoms in total. The van der Waals surface area contributed by atoms with Gasteiger partial charge in [-0.3, -0.25) is 24.4 Å². The van der Waals surface area contributed by atoms with E-state index in [0.717, 1.165) is 51.3 Å². The van der Waals surface area contributed by atoms with Crippen molar-refractivity contribution in [2.24, 2.45) is 0 Å². The van der Waals surface area contributed by atoms with Gasteiger partial charge in [-0.15, -0.1) is 0 Å². The number of piperazine rings is 2. The second kappa shape index (κ2) is 15.0. The number of nitrogens with one attached hydrogen (secondary N) is 1. The van der Waals surface area contributed by atoms with E-state index in [2.05, 4.69) is 56.9 Å². The summed E-state index contributed by atoms with van der Waals surface area (Å²) < 4.78 is 0. The number of nitrogens with zero attached hydrogens (tertiary/aromatic N) is 5. The number of aromatic nitrogens is 2. The van der Waals surface area contributed by atoms with Crippen LogP contribution in [-0.4, -0.2) is 82.9 Å². The lowest BCUT2D eigenvalue weighted by atomic mass is 10.1. The Morgan fingerprint density at radius 2 is 1.45 bits per heavy atom. The third kappa shape index (κ3) is 8.95. The zero-order chi connectivity index (χ0) is 26.6. The van der Waals surface area contributed by atoms with Crippen LogP contribution in [0.5, 0.6) is 0 Å². The van der Waals surface area contributed by atoms with Crippen molar-refractivity contribution in [1.29, 1.82) is 0 Å². The second-order valence-electron chi connectivity index (χ2n) is 10.8. The molecule has 0 atom stereocenters. The molecule has 38 heavy (non-hydrogen) atoms. The van der Waals surface area contributed by atoms with Crippen LogP contribution in [0.2, 0.25) is 0 Å². The quantitative estimate of drug-likeness (QED) is 0.403. The summed E-state index contributed by atoms with van der Waals surface area (Å²) in [6.45, 7) is 10.6. The summed E-state index contributed by atoms with van der Waals surface area (Å²) in [5.74, 6) is 0.897. The highest BCUT2D eigenvalue weighted by atomic mass is 16.2. The molecule has 2 aliphatic heterocycles. The fraction of sp³-hybridized carbons (Fsp3) is 0.633. The predicted octanol–water partition coefficient (Wildman–Crippen LogP) is 3.88. The first-order chi connectivity index (χ1) is 18.6. The molecule has 1 aromatic heterocycles. The van der Waals surface area contributed by atoms with Crippen molar-refractivity contribution >= 4 is 11.9 Å². The summed E-state index contributed by atoms with van der Waals surface area (Å²) in [6, 6.07) is 12.2. The van der Waals surface area contributed by atoms with Crippen LogP contribution in [0.15, 0.2) is 41.2 Å². The topological polar surface area (TPSA) is 75.8 Å². The third-order valence-electron chi connectivity index (χ3n) is 7.81. The molecule has 0 saturated carbocycles. The van der Waals surface area contributed by atoms with E-state index in [-0.39, 0.29) is 11.5 Å². The number of unbranched alkanes of at least 4 members (excludes halogenated alkanes) is 6. The highest BCUT2D eigenvalue weighted by Crippen LogP contribution is 2.15. The van der Waals surface area contributed by atoms with Gasteiger partial charge in [0.05, 0.1) is 5.69 Å². The number of benzene rings is 1. The zero-order valence-electron chi connectivity index (χ0n) is 23.2. The normalized spacial score (nSPS) is 17.2. The standard InChI is InChI=1S/C30H46N6O2/c1-2-3-4-5-6-7-11-14-29(38)35-19-21-36(22-20-35)30-31-27(23-28(37)32-30)25-34-17-15-33(16-18-34)24-26-12-9-8-10-13-26/h8-10,12-13,23H,2-7,11,14-22,24-25H2,1H3,(H,31,32,37). The van der Waals surface area contributed by atoms with Gasteiger partial charge in [0.25, 0.3) is 5.56 Å². The van der Waals surface area contributed by atoms with Crippen LogP contribution in [-0.2, 0) is 17.9 Å². The van der Waals surface area contributed by atoms with Crippen molar-refractivity contribution in [1.82, 2.24) is 24.7 Å². The number of anilines is 1.